The lowest BCUT2D eigenvalue weighted by Gasteiger charge is -1.93. The fraction of sp³-hybridized carbons (Fsp3) is 0.300. The highest BCUT2D eigenvalue weighted by molar-refractivity contribution is 5.55. The Labute approximate surface area is 78.1 Å². The minimum atomic E-state index is 0.794. The van der Waals surface area contributed by atoms with E-state index in [0.29, 0.717) is 0 Å². The van der Waals surface area contributed by atoms with E-state index in [4.69, 9.17) is 9.68 Å². The molecule has 0 spiro atoms. The molecule has 0 atom stereocenters. The Morgan fingerprint density at radius 1 is 1.15 bits per heavy atom. The molecule has 0 amide bonds. The summed E-state index contributed by atoms with van der Waals surface area (Å²) >= 11 is 0. The highest BCUT2D eigenvalue weighted by Crippen LogP contribution is 1.97. The second-order valence-electron chi connectivity index (χ2n) is 2.52. The molecule has 70 valence electrons. The van der Waals surface area contributed by atoms with Crippen molar-refractivity contribution in [2.45, 2.75) is 6.42 Å². The average molecular weight is 180 g/mol. The average Bonchev–Trinajstić information content (AvgIpc) is 2.21. The van der Waals surface area contributed by atoms with Gasteiger partial charge in [0.1, 0.15) is 0 Å². The number of nitrogens with zero attached hydrogens (tertiary/aromatic N) is 1. The molecule has 0 heterocycles. The van der Waals surface area contributed by atoms with Crippen LogP contribution in [-0.2, 0) is 16.1 Å². The van der Waals surface area contributed by atoms with E-state index in [9.17, 15) is 0 Å². The molecule has 1 aromatic rings. The fourth-order valence-electron chi connectivity index (χ4n) is 1.02. The molecule has 0 aromatic heterocycles. The van der Waals surface area contributed by atoms with Crippen molar-refractivity contribution in [3.05, 3.63) is 35.9 Å². The van der Waals surface area contributed by atoms with E-state index in [2.05, 4.69) is 12.1 Å². The maximum absolute atomic E-state index is 4.88. The van der Waals surface area contributed by atoms with Gasteiger partial charge in [0.2, 0.25) is 0 Å². The van der Waals surface area contributed by atoms with Crippen molar-refractivity contribution in [2.75, 3.05) is 14.2 Å². The first kappa shape index (κ1) is 9.58. The fourth-order valence-corrected chi connectivity index (χ4v) is 1.02. The molecule has 0 saturated carbocycles. The molecule has 1 rings (SSSR count). The standard InChI is InChI=1S/C10H14NO2/c1-12-11(13-2)9-8-10-6-4-3-5-7-10/h3-7,9H,8H2,1-2H3/q+1. The number of benzene rings is 1. The second kappa shape index (κ2) is 5.19. The van der Waals surface area contributed by atoms with Crippen LogP contribution in [0.2, 0.25) is 0 Å². The molecule has 0 radical (unpaired) electrons. The predicted octanol–water partition coefficient (Wildman–Crippen LogP) is 1.44. The van der Waals surface area contributed by atoms with Gasteiger partial charge in [0.25, 0.3) is 6.21 Å². The van der Waals surface area contributed by atoms with Gasteiger partial charge in [-0.2, -0.15) is 0 Å². The molecule has 0 aliphatic heterocycles. The van der Waals surface area contributed by atoms with Crippen LogP contribution in [-0.4, -0.2) is 25.3 Å². The minimum absolute atomic E-state index is 0.794. The number of hydrogen-bond donors (Lipinski definition) is 0. The first-order valence-electron chi connectivity index (χ1n) is 4.11. The van der Waals surface area contributed by atoms with Crippen LogP contribution in [0, 0.1) is 0 Å². The maximum atomic E-state index is 4.88. The van der Waals surface area contributed by atoms with Gasteiger partial charge in [0.05, 0.1) is 6.42 Å². The first-order chi connectivity index (χ1) is 6.36. The highest BCUT2D eigenvalue weighted by atomic mass is 16.9. The lowest BCUT2D eigenvalue weighted by atomic mass is 10.2. The molecule has 0 N–H and O–H groups in total. The third-order valence-electron chi connectivity index (χ3n) is 1.68. The van der Waals surface area contributed by atoms with E-state index in [1.165, 1.54) is 10.5 Å². The molecule has 3 nitrogen and oxygen atoms in total. The molecule has 0 bridgehead atoms. The van der Waals surface area contributed by atoms with E-state index in [1.54, 1.807) is 14.2 Å². The van der Waals surface area contributed by atoms with Gasteiger partial charge in [-0.3, -0.25) is 0 Å². The Bertz CT molecular complexity index is 264. The van der Waals surface area contributed by atoms with Crippen LogP contribution < -0.4 is 0 Å². The summed E-state index contributed by atoms with van der Waals surface area (Å²) < 4.78 is 0. The van der Waals surface area contributed by atoms with Crippen molar-refractivity contribution >= 4 is 6.21 Å². The topological polar surface area (TPSA) is 21.5 Å². The van der Waals surface area contributed by atoms with Gasteiger partial charge in [0, 0.05) is 0 Å². The zero-order valence-corrected chi connectivity index (χ0v) is 7.93. The number of hydrogen-bond acceptors (Lipinski definition) is 2. The SMILES string of the molecule is CO[N+](=CCc1ccccc1)OC. The van der Waals surface area contributed by atoms with E-state index in [0.717, 1.165) is 6.42 Å². The van der Waals surface area contributed by atoms with Crippen LogP contribution in [0.25, 0.3) is 0 Å². The van der Waals surface area contributed by atoms with Crippen molar-refractivity contribution in [3.8, 4) is 0 Å². The third kappa shape index (κ3) is 3.15. The second-order valence-corrected chi connectivity index (χ2v) is 2.52. The lowest BCUT2D eigenvalue weighted by molar-refractivity contribution is -0.956. The summed E-state index contributed by atoms with van der Waals surface area (Å²) in [4.78, 5) is 11.1. The molecule has 0 aliphatic carbocycles. The van der Waals surface area contributed by atoms with Gasteiger partial charge in [-0.1, -0.05) is 30.3 Å². The highest BCUT2D eigenvalue weighted by Gasteiger charge is 2.00. The Balaban J connectivity index is 2.55. The van der Waals surface area contributed by atoms with Gasteiger partial charge in [-0.15, -0.1) is 0 Å². The van der Waals surface area contributed by atoms with E-state index < -0.39 is 0 Å². The monoisotopic (exact) mass is 180 g/mol. The molecular formula is C10H14NO2+. The lowest BCUT2D eigenvalue weighted by Crippen LogP contribution is -2.11. The first-order valence-corrected chi connectivity index (χ1v) is 4.11. The maximum Gasteiger partial charge on any atom is 0.258 e. The summed E-state index contributed by atoms with van der Waals surface area (Å²) in [6, 6.07) is 10.1. The van der Waals surface area contributed by atoms with E-state index in [-0.39, 0.29) is 0 Å². The molecule has 0 unspecified atom stereocenters. The van der Waals surface area contributed by atoms with Gasteiger partial charge in [-0.25, -0.2) is 9.68 Å². The molecule has 1 aromatic carbocycles. The smallest absolute Gasteiger partial charge is 0.234 e. The van der Waals surface area contributed by atoms with Crippen molar-refractivity contribution in [2.24, 2.45) is 0 Å². The molecule has 3 heteroatoms. The van der Waals surface area contributed by atoms with Crippen LogP contribution >= 0.6 is 0 Å². The molecule has 0 saturated heterocycles. The van der Waals surface area contributed by atoms with Crippen LogP contribution in [0.15, 0.2) is 30.3 Å². The van der Waals surface area contributed by atoms with Gasteiger partial charge in [0.15, 0.2) is 19.1 Å². The molecule has 0 fully saturated rings. The van der Waals surface area contributed by atoms with E-state index in [1.807, 2.05) is 24.4 Å². The summed E-state index contributed by atoms with van der Waals surface area (Å²) in [7, 11) is 3.12. The molecule has 0 aliphatic rings. The molecule has 13 heavy (non-hydrogen) atoms. The number of rotatable bonds is 4. The van der Waals surface area contributed by atoms with Crippen LogP contribution in [0.5, 0.6) is 0 Å². The van der Waals surface area contributed by atoms with Gasteiger partial charge < -0.3 is 0 Å². The summed E-state index contributed by atoms with van der Waals surface area (Å²) in [6.07, 6.45) is 2.62. The van der Waals surface area contributed by atoms with Crippen molar-refractivity contribution in [1.29, 1.82) is 0 Å². The van der Waals surface area contributed by atoms with Crippen LogP contribution in [0.1, 0.15) is 5.56 Å². The zero-order chi connectivity index (χ0) is 9.52. The quantitative estimate of drug-likeness (QED) is 0.516. The summed E-state index contributed by atoms with van der Waals surface area (Å²) in [5, 5.41) is 0. The molecular weight excluding hydrogens is 166 g/mol. The summed E-state index contributed by atoms with van der Waals surface area (Å²) in [5.74, 6) is 0. The Kier molecular flexibility index (Phi) is 3.82. The Morgan fingerprint density at radius 3 is 2.31 bits per heavy atom. The van der Waals surface area contributed by atoms with Crippen LogP contribution in [0.4, 0.5) is 0 Å². The third-order valence-corrected chi connectivity index (χ3v) is 1.68. The Hall–Kier alpha value is -1.51. The zero-order valence-electron chi connectivity index (χ0n) is 7.93. The summed E-state index contributed by atoms with van der Waals surface area (Å²) in [5.41, 5.74) is 1.22. The van der Waals surface area contributed by atoms with Crippen molar-refractivity contribution in [3.63, 3.8) is 0 Å². The van der Waals surface area contributed by atoms with E-state index >= 15 is 0 Å². The van der Waals surface area contributed by atoms with Crippen molar-refractivity contribution in [1.82, 2.24) is 0 Å². The predicted molar refractivity (Wildman–Crippen MR) is 50.5 cm³/mol. The van der Waals surface area contributed by atoms with Gasteiger partial charge >= 0.3 is 0 Å². The van der Waals surface area contributed by atoms with Crippen LogP contribution in [0.3, 0.4) is 0 Å². The van der Waals surface area contributed by atoms with Gasteiger partial charge in [-0.05, 0) is 5.56 Å². The largest absolute Gasteiger partial charge is 0.258 e. The van der Waals surface area contributed by atoms with Crippen molar-refractivity contribution < 1.29 is 14.6 Å². The summed E-state index contributed by atoms with van der Waals surface area (Å²) in [6.45, 7) is 0. The minimum Gasteiger partial charge on any atom is -0.234 e. The normalized spacial score (nSPS) is 9.08. The Morgan fingerprint density at radius 2 is 1.77 bits per heavy atom.